The largest absolute Gasteiger partial charge is 0.493 e. The Morgan fingerprint density at radius 3 is 2.10 bits per heavy atom. The molecule has 0 spiro atoms. The first kappa shape index (κ1) is 32.5. The molecule has 0 fully saturated rings. The van der Waals surface area contributed by atoms with Crippen LogP contribution in [0.1, 0.15) is 37.0 Å². The molecule has 3 aromatic carbocycles. The Morgan fingerprint density at radius 1 is 0.881 bits per heavy atom. The van der Waals surface area contributed by atoms with Crippen molar-refractivity contribution < 1.29 is 27.5 Å². The van der Waals surface area contributed by atoms with Crippen LogP contribution >= 0.6 is 0 Å². The van der Waals surface area contributed by atoms with Crippen molar-refractivity contribution in [1.82, 2.24) is 10.2 Å². The second kappa shape index (κ2) is 14.7. The number of carbonyl (C=O) groups is 2. The number of hydrogen-bond acceptors (Lipinski definition) is 6. The molecule has 0 aliphatic carbocycles. The molecule has 1 N–H and O–H groups in total. The fourth-order valence-electron chi connectivity index (χ4n) is 4.92. The summed E-state index contributed by atoms with van der Waals surface area (Å²) >= 11 is 0. The highest BCUT2D eigenvalue weighted by Gasteiger charge is 2.34. The van der Waals surface area contributed by atoms with Gasteiger partial charge in [0.05, 0.1) is 24.8 Å². The third-order valence-corrected chi connectivity index (χ3v) is 8.71. The summed E-state index contributed by atoms with van der Waals surface area (Å²) in [4.78, 5) is 28.6. The fourth-order valence-corrected chi connectivity index (χ4v) is 6.33. The summed E-state index contributed by atoms with van der Waals surface area (Å²) < 4.78 is 40.2. The van der Waals surface area contributed by atoms with Gasteiger partial charge in [-0.2, -0.15) is 0 Å². The smallest absolute Gasteiger partial charge is 0.264 e. The SMILES string of the molecule is CCNC(=O)[C@H](CC)N(CCc1ccccc1)C(=O)CN(c1cc(C)cc(C)c1)S(=O)(=O)c1ccc(OC)c(OC)c1. The second-order valence-corrected chi connectivity index (χ2v) is 11.9. The first-order valence-electron chi connectivity index (χ1n) is 14.0. The maximum Gasteiger partial charge on any atom is 0.264 e. The molecule has 0 bridgehead atoms. The van der Waals surface area contributed by atoms with Crippen molar-refractivity contribution in [2.75, 3.05) is 38.2 Å². The number of anilines is 1. The van der Waals surface area contributed by atoms with Crippen LogP contribution in [-0.2, 0) is 26.0 Å². The molecule has 0 aromatic heterocycles. The Morgan fingerprint density at radius 2 is 1.52 bits per heavy atom. The molecule has 1 atom stereocenters. The summed E-state index contributed by atoms with van der Waals surface area (Å²) in [6.07, 6.45) is 0.882. The standard InChI is InChI=1S/C32H41N3O6S/c1-7-28(32(37)33-8-2)34(17-16-25-12-10-9-11-13-25)31(36)22-35(26-19-23(3)18-24(4)20-26)42(38,39)27-14-15-29(40-5)30(21-27)41-6/h9-15,18-21,28H,7-8,16-17,22H2,1-6H3,(H,33,37)/t28-/m0/s1. The summed E-state index contributed by atoms with van der Waals surface area (Å²) in [5.74, 6) is -0.128. The van der Waals surface area contributed by atoms with Crippen molar-refractivity contribution in [3.05, 3.63) is 83.4 Å². The van der Waals surface area contributed by atoms with Crippen LogP contribution in [0.5, 0.6) is 11.5 Å². The normalized spacial score (nSPS) is 11.9. The monoisotopic (exact) mass is 595 g/mol. The minimum atomic E-state index is -4.25. The number of rotatable bonds is 14. The lowest BCUT2D eigenvalue weighted by Crippen LogP contribution is -2.53. The van der Waals surface area contributed by atoms with E-state index in [4.69, 9.17) is 9.47 Å². The van der Waals surface area contributed by atoms with Crippen molar-refractivity contribution in [2.24, 2.45) is 0 Å². The van der Waals surface area contributed by atoms with Gasteiger partial charge in [0.1, 0.15) is 12.6 Å². The van der Waals surface area contributed by atoms with Crippen molar-refractivity contribution in [3.8, 4) is 11.5 Å². The number of carbonyl (C=O) groups excluding carboxylic acids is 2. The average Bonchev–Trinajstić information content (AvgIpc) is 2.97. The Hall–Kier alpha value is -4.05. The number of benzene rings is 3. The van der Waals surface area contributed by atoms with Crippen LogP contribution in [-0.4, -0.2) is 65.0 Å². The van der Waals surface area contributed by atoms with E-state index < -0.39 is 28.5 Å². The number of aryl methyl sites for hydroxylation is 2. The predicted molar refractivity (Wildman–Crippen MR) is 165 cm³/mol. The number of methoxy groups -OCH3 is 2. The third kappa shape index (κ3) is 7.82. The Bertz CT molecular complexity index is 1460. The molecule has 0 aliphatic rings. The lowest BCUT2D eigenvalue weighted by atomic mass is 10.1. The summed E-state index contributed by atoms with van der Waals surface area (Å²) in [6, 6.07) is 18.6. The number of hydrogen-bond donors (Lipinski definition) is 1. The van der Waals surface area contributed by atoms with Crippen LogP contribution < -0.4 is 19.1 Å². The molecular weight excluding hydrogens is 554 g/mol. The average molecular weight is 596 g/mol. The van der Waals surface area contributed by atoms with Crippen molar-refractivity contribution >= 4 is 27.5 Å². The quantitative estimate of drug-likeness (QED) is 0.294. The van der Waals surface area contributed by atoms with E-state index in [9.17, 15) is 18.0 Å². The molecule has 10 heteroatoms. The highest BCUT2D eigenvalue weighted by molar-refractivity contribution is 7.92. The number of nitrogens with zero attached hydrogens (tertiary/aromatic N) is 2. The molecule has 9 nitrogen and oxygen atoms in total. The molecule has 226 valence electrons. The van der Waals surface area contributed by atoms with Crippen LogP contribution in [0.4, 0.5) is 5.69 Å². The second-order valence-electron chi connectivity index (χ2n) is 10.0. The Balaban J connectivity index is 2.08. The van der Waals surface area contributed by atoms with E-state index >= 15 is 0 Å². The van der Waals surface area contributed by atoms with Crippen molar-refractivity contribution in [1.29, 1.82) is 0 Å². The maximum absolute atomic E-state index is 14.2. The third-order valence-electron chi connectivity index (χ3n) is 6.94. The number of sulfonamides is 1. The van der Waals surface area contributed by atoms with Gasteiger partial charge in [0, 0.05) is 19.2 Å². The fraction of sp³-hybridized carbons (Fsp3) is 0.375. The molecule has 0 aliphatic heterocycles. The highest BCUT2D eigenvalue weighted by atomic mass is 32.2. The number of likely N-dealkylation sites (N-methyl/N-ethyl adjacent to an activating group) is 1. The minimum absolute atomic E-state index is 0.0567. The van der Waals surface area contributed by atoms with E-state index in [1.165, 1.54) is 37.3 Å². The minimum Gasteiger partial charge on any atom is -0.493 e. The number of amides is 2. The van der Waals surface area contributed by atoms with Crippen LogP contribution in [0, 0.1) is 13.8 Å². The molecular formula is C32H41N3O6S. The molecule has 42 heavy (non-hydrogen) atoms. The van der Waals surface area contributed by atoms with Crippen molar-refractivity contribution in [3.63, 3.8) is 0 Å². The first-order valence-corrected chi connectivity index (χ1v) is 15.4. The lowest BCUT2D eigenvalue weighted by molar-refractivity contribution is -0.139. The van der Waals surface area contributed by atoms with E-state index in [0.717, 1.165) is 21.0 Å². The molecule has 3 aromatic rings. The molecule has 0 unspecified atom stereocenters. The van der Waals surface area contributed by atoms with E-state index in [0.29, 0.717) is 30.8 Å². The van der Waals surface area contributed by atoms with Gasteiger partial charge >= 0.3 is 0 Å². The Labute approximate surface area is 249 Å². The van der Waals surface area contributed by atoms with Gasteiger partial charge in [-0.1, -0.05) is 43.3 Å². The van der Waals surface area contributed by atoms with Gasteiger partial charge in [-0.3, -0.25) is 13.9 Å². The zero-order valence-electron chi connectivity index (χ0n) is 25.2. The van der Waals surface area contributed by atoms with Crippen LogP contribution in [0.2, 0.25) is 0 Å². The summed E-state index contributed by atoms with van der Waals surface area (Å²) in [5, 5.41) is 2.82. The molecule has 0 saturated carbocycles. The summed E-state index contributed by atoms with van der Waals surface area (Å²) in [5.41, 5.74) is 3.05. The highest BCUT2D eigenvalue weighted by Crippen LogP contribution is 2.33. The van der Waals surface area contributed by atoms with Crippen molar-refractivity contribution in [2.45, 2.75) is 51.5 Å². The lowest BCUT2D eigenvalue weighted by Gasteiger charge is -2.33. The van der Waals surface area contributed by atoms with E-state index in [1.54, 1.807) is 12.1 Å². The van der Waals surface area contributed by atoms with E-state index in [1.807, 2.05) is 64.1 Å². The summed E-state index contributed by atoms with van der Waals surface area (Å²) in [6.45, 7) is 7.56. The Kier molecular flexibility index (Phi) is 11.4. The van der Waals surface area contributed by atoms with Gasteiger partial charge in [0.25, 0.3) is 10.0 Å². The summed E-state index contributed by atoms with van der Waals surface area (Å²) in [7, 11) is -1.36. The molecule has 2 amide bonds. The van der Waals surface area contributed by atoms with Crippen LogP contribution in [0.25, 0.3) is 0 Å². The van der Waals surface area contributed by atoms with Gasteiger partial charge in [-0.05, 0) is 74.6 Å². The predicted octanol–water partition coefficient (Wildman–Crippen LogP) is 4.50. The molecule has 0 heterocycles. The molecule has 3 rings (SSSR count). The first-order chi connectivity index (χ1) is 20.0. The van der Waals surface area contributed by atoms with E-state index in [2.05, 4.69) is 5.32 Å². The van der Waals surface area contributed by atoms with Gasteiger partial charge in [-0.25, -0.2) is 8.42 Å². The topological polar surface area (TPSA) is 105 Å². The zero-order valence-corrected chi connectivity index (χ0v) is 26.0. The van der Waals surface area contributed by atoms with Crippen LogP contribution in [0.15, 0.2) is 71.6 Å². The molecule has 0 saturated heterocycles. The number of nitrogens with one attached hydrogen (secondary N) is 1. The van der Waals surface area contributed by atoms with E-state index in [-0.39, 0.29) is 23.1 Å². The maximum atomic E-state index is 14.2. The van der Waals surface area contributed by atoms with Crippen LogP contribution in [0.3, 0.4) is 0 Å². The van der Waals surface area contributed by atoms with Gasteiger partial charge < -0.3 is 19.7 Å². The number of ether oxygens (including phenoxy) is 2. The van der Waals surface area contributed by atoms with Gasteiger partial charge in [-0.15, -0.1) is 0 Å². The molecule has 0 radical (unpaired) electrons. The van der Waals surface area contributed by atoms with Gasteiger partial charge in [0.15, 0.2) is 11.5 Å². The van der Waals surface area contributed by atoms with Gasteiger partial charge in [0.2, 0.25) is 11.8 Å². The zero-order chi connectivity index (χ0) is 30.9.